The number of alkyl halides is 3. The quantitative estimate of drug-likeness (QED) is 0.511. The normalized spacial score (nSPS) is 11.1. The van der Waals surface area contributed by atoms with Crippen molar-refractivity contribution in [2.75, 3.05) is 12.3 Å². The van der Waals surface area contributed by atoms with Gasteiger partial charge in [0.15, 0.2) is 12.3 Å². The minimum Gasteiger partial charge on any atom is -0.484 e. The lowest BCUT2D eigenvalue weighted by Crippen LogP contribution is -2.19. The van der Waals surface area contributed by atoms with Crippen LogP contribution >= 0.6 is 0 Å². The van der Waals surface area contributed by atoms with Gasteiger partial charge in [-0.15, -0.1) is 0 Å². The van der Waals surface area contributed by atoms with Crippen LogP contribution in [0.5, 0.6) is 5.75 Å². The molecule has 0 unspecified atom stereocenters. The van der Waals surface area contributed by atoms with Gasteiger partial charge in [-0.3, -0.25) is 20.2 Å². The second-order valence-corrected chi connectivity index (χ2v) is 3.29. The predicted molar refractivity (Wildman–Crippen MR) is 55.7 cm³/mol. The first-order valence-corrected chi connectivity index (χ1v) is 4.53. The number of hydrogen-bond donors (Lipinski definition) is 1. The molecule has 0 aliphatic carbocycles. The molecule has 1 aromatic rings. The summed E-state index contributed by atoms with van der Waals surface area (Å²) >= 11 is 0. The van der Waals surface area contributed by atoms with Gasteiger partial charge in [-0.25, -0.2) is 0 Å². The Hall–Kier alpha value is -2.59. The molecule has 0 aliphatic rings. The number of nitrogens with two attached hydrogens (primary N) is 1. The van der Waals surface area contributed by atoms with E-state index in [0.717, 1.165) is 0 Å². The molecule has 0 spiro atoms. The molecule has 1 rings (SSSR count). The molecule has 0 radical (unpaired) electrons. The summed E-state index contributed by atoms with van der Waals surface area (Å²) in [4.78, 5) is 19.0. The molecule has 2 N–H and O–H groups in total. The molecule has 0 atom stereocenters. The summed E-state index contributed by atoms with van der Waals surface area (Å²) in [6, 6.07) is 1.18. The van der Waals surface area contributed by atoms with Crippen LogP contribution < -0.4 is 10.5 Å². The average molecular weight is 281 g/mol. The zero-order valence-electron chi connectivity index (χ0n) is 9.01. The number of anilines is 1. The molecule has 11 heteroatoms. The number of nitro benzene ring substituents is 2. The number of nitro groups is 2. The van der Waals surface area contributed by atoms with Crippen molar-refractivity contribution >= 4 is 17.1 Å². The van der Waals surface area contributed by atoms with Crippen LogP contribution in [0.15, 0.2) is 12.1 Å². The first-order valence-electron chi connectivity index (χ1n) is 4.53. The van der Waals surface area contributed by atoms with Crippen molar-refractivity contribution in [1.29, 1.82) is 0 Å². The zero-order valence-corrected chi connectivity index (χ0v) is 9.01. The van der Waals surface area contributed by atoms with Gasteiger partial charge in [-0.2, -0.15) is 13.2 Å². The van der Waals surface area contributed by atoms with Crippen molar-refractivity contribution in [2.45, 2.75) is 6.18 Å². The Morgan fingerprint density at radius 2 is 1.58 bits per heavy atom. The highest BCUT2D eigenvalue weighted by Crippen LogP contribution is 2.36. The summed E-state index contributed by atoms with van der Waals surface area (Å²) in [6.07, 6.45) is -4.68. The van der Waals surface area contributed by atoms with Crippen molar-refractivity contribution in [2.24, 2.45) is 0 Å². The van der Waals surface area contributed by atoms with Crippen LogP contribution in [-0.2, 0) is 0 Å². The number of nitrogens with zero attached hydrogens (tertiary/aromatic N) is 2. The van der Waals surface area contributed by atoms with Crippen LogP contribution in [-0.4, -0.2) is 22.6 Å². The minimum atomic E-state index is -4.68. The highest BCUT2D eigenvalue weighted by atomic mass is 19.4. The molecule has 0 aromatic heterocycles. The van der Waals surface area contributed by atoms with Gasteiger partial charge in [-0.05, 0) is 0 Å². The molecule has 0 saturated carbocycles. The van der Waals surface area contributed by atoms with Gasteiger partial charge in [0.05, 0.1) is 22.0 Å². The van der Waals surface area contributed by atoms with E-state index in [1.807, 2.05) is 0 Å². The second-order valence-electron chi connectivity index (χ2n) is 3.29. The Kier molecular flexibility index (Phi) is 3.77. The van der Waals surface area contributed by atoms with Gasteiger partial charge >= 0.3 is 17.6 Å². The summed E-state index contributed by atoms with van der Waals surface area (Å²) in [5, 5.41) is 21.2. The van der Waals surface area contributed by atoms with Crippen molar-refractivity contribution in [3.63, 3.8) is 0 Å². The van der Waals surface area contributed by atoms with Gasteiger partial charge < -0.3 is 10.5 Å². The van der Waals surface area contributed by atoms with Gasteiger partial charge in [0.1, 0.15) is 5.75 Å². The number of benzene rings is 1. The zero-order chi connectivity index (χ0) is 14.8. The first kappa shape index (κ1) is 14.5. The molecule has 0 fully saturated rings. The van der Waals surface area contributed by atoms with E-state index in [1.165, 1.54) is 0 Å². The third-order valence-corrected chi connectivity index (χ3v) is 1.91. The van der Waals surface area contributed by atoms with E-state index in [4.69, 9.17) is 5.73 Å². The standard InChI is InChI=1S/C8H6F3N3O5/c9-8(10,11)3-19-4-1-5(13(15)16)7(12)6(2-4)14(17)18/h1-2H,3,12H2. The Morgan fingerprint density at radius 1 is 1.16 bits per heavy atom. The Labute approximate surface area is 102 Å². The Morgan fingerprint density at radius 3 is 1.89 bits per heavy atom. The van der Waals surface area contributed by atoms with E-state index in [9.17, 15) is 33.4 Å². The van der Waals surface area contributed by atoms with Gasteiger partial charge in [0.25, 0.3) is 0 Å². The SMILES string of the molecule is Nc1c([N+](=O)[O-])cc(OCC(F)(F)F)cc1[N+](=O)[O-]. The molecule has 0 bridgehead atoms. The predicted octanol–water partition coefficient (Wildman–Crippen LogP) is 2.03. The highest BCUT2D eigenvalue weighted by Gasteiger charge is 2.30. The Bertz CT molecular complexity index is 496. The number of nitrogen functional groups attached to an aromatic ring is 1. The summed E-state index contributed by atoms with van der Waals surface area (Å²) in [6.45, 7) is -1.73. The molecule has 1 aromatic carbocycles. The van der Waals surface area contributed by atoms with Crippen LogP contribution in [0.1, 0.15) is 0 Å². The minimum absolute atomic E-state index is 0.591. The molecule has 0 amide bonds. The maximum absolute atomic E-state index is 11.9. The molecule has 104 valence electrons. The fraction of sp³-hybridized carbons (Fsp3) is 0.250. The highest BCUT2D eigenvalue weighted by molar-refractivity contribution is 5.73. The van der Waals surface area contributed by atoms with Crippen LogP contribution in [0.4, 0.5) is 30.2 Å². The van der Waals surface area contributed by atoms with Gasteiger partial charge in [-0.1, -0.05) is 0 Å². The van der Waals surface area contributed by atoms with Gasteiger partial charge in [0.2, 0.25) is 0 Å². The van der Waals surface area contributed by atoms with Crippen molar-refractivity contribution < 1.29 is 27.8 Å². The third kappa shape index (κ3) is 3.69. The van der Waals surface area contributed by atoms with Crippen molar-refractivity contribution in [3.05, 3.63) is 32.4 Å². The number of hydrogen-bond acceptors (Lipinski definition) is 6. The van der Waals surface area contributed by atoms with E-state index in [-0.39, 0.29) is 0 Å². The van der Waals surface area contributed by atoms with Crippen molar-refractivity contribution in [3.8, 4) is 5.75 Å². The van der Waals surface area contributed by atoms with E-state index < -0.39 is 45.4 Å². The number of halogens is 3. The maximum Gasteiger partial charge on any atom is 0.422 e. The van der Waals surface area contributed by atoms with Crippen LogP contribution in [0, 0.1) is 20.2 Å². The smallest absolute Gasteiger partial charge is 0.422 e. The summed E-state index contributed by atoms with van der Waals surface area (Å²) in [5.41, 5.74) is 2.63. The lowest BCUT2D eigenvalue weighted by atomic mass is 10.2. The average Bonchev–Trinajstić information content (AvgIpc) is 2.25. The number of ether oxygens (including phenoxy) is 1. The monoisotopic (exact) mass is 281 g/mol. The molecule has 0 saturated heterocycles. The van der Waals surface area contributed by atoms with Crippen molar-refractivity contribution in [1.82, 2.24) is 0 Å². The first-order chi connectivity index (χ1) is 8.61. The largest absolute Gasteiger partial charge is 0.484 e. The molecular formula is C8H6F3N3O5. The van der Waals surface area contributed by atoms with Gasteiger partial charge in [0, 0.05) is 0 Å². The summed E-state index contributed by atoms with van der Waals surface area (Å²) in [7, 11) is 0. The molecule has 8 nitrogen and oxygen atoms in total. The fourth-order valence-corrected chi connectivity index (χ4v) is 1.15. The lowest BCUT2D eigenvalue weighted by molar-refractivity contribution is -0.392. The summed E-state index contributed by atoms with van der Waals surface area (Å²) in [5.74, 6) is -0.662. The third-order valence-electron chi connectivity index (χ3n) is 1.91. The molecule has 19 heavy (non-hydrogen) atoms. The topological polar surface area (TPSA) is 122 Å². The Balaban J connectivity index is 3.20. The summed E-state index contributed by atoms with van der Waals surface area (Å²) < 4.78 is 40.0. The molecular weight excluding hydrogens is 275 g/mol. The lowest BCUT2D eigenvalue weighted by Gasteiger charge is -2.09. The fourth-order valence-electron chi connectivity index (χ4n) is 1.15. The molecule has 0 aliphatic heterocycles. The van der Waals surface area contributed by atoms with E-state index in [2.05, 4.69) is 4.74 Å². The van der Waals surface area contributed by atoms with Crippen LogP contribution in [0.2, 0.25) is 0 Å². The second kappa shape index (κ2) is 4.96. The number of rotatable bonds is 4. The van der Waals surface area contributed by atoms with Crippen LogP contribution in [0.25, 0.3) is 0 Å². The van der Waals surface area contributed by atoms with E-state index >= 15 is 0 Å². The van der Waals surface area contributed by atoms with Crippen LogP contribution in [0.3, 0.4) is 0 Å². The maximum atomic E-state index is 11.9. The van der Waals surface area contributed by atoms with E-state index in [0.29, 0.717) is 12.1 Å². The molecule has 0 heterocycles. The van der Waals surface area contributed by atoms with E-state index in [1.54, 1.807) is 0 Å².